The van der Waals surface area contributed by atoms with Gasteiger partial charge in [0.2, 0.25) is 0 Å². The Morgan fingerprint density at radius 3 is 2.58 bits per heavy atom. The summed E-state index contributed by atoms with van der Waals surface area (Å²) in [6.45, 7) is 7.01. The number of fused-ring (bicyclic) bond motifs is 5. The van der Waals surface area contributed by atoms with Crippen molar-refractivity contribution in [2.24, 2.45) is 34.5 Å². The van der Waals surface area contributed by atoms with E-state index in [4.69, 9.17) is 0 Å². The molecule has 0 aromatic rings. The Kier molecular flexibility index (Phi) is 3.95. The predicted molar refractivity (Wildman–Crippen MR) is 96.6 cm³/mol. The molecule has 0 radical (unpaired) electrons. The Morgan fingerprint density at radius 1 is 1.04 bits per heavy atom. The van der Waals surface area contributed by atoms with E-state index in [0.29, 0.717) is 23.0 Å². The molecule has 0 bridgehead atoms. The number of hydrogen-bond acceptors (Lipinski definition) is 2. The van der Waals surface area contributed by atoms with Gasteiger partial charge in [0.1, 0.15) is 5.78 Å². The van der Waals surface area contributed by atoms with Gasteiger partial charge in [-0.2, -0.15) is 0 Å². The molecular weight excluding hydrogens is 296 g/mol. The molecule has 4 fully saturated rings. The molecule has 4 saturated carbocycles. The summed E-state index contributed by atoms with van der Waals surface area (Å²) in [6, 6.07) is 0. The van der Waals surface area contributed by atoms with Gasteiger partial charge >= 0.3 is 0 Å². The maximum atomic E-state index is 12.5. The second-order valence-corrected chi connectivity index (χ2v) is 10.3. The normalized spacial score (nSPS) is 54.1. The number of Topliss-reactive ketones (excluding diaryl/α,β-unsaturated/α-hetero) is 1. The molecule has 136 valence electrons. The van der Waals surface area contributed by atoms with Gasteiger partial charge in [0.15, 0.2) is 0 Å². The van der Waals surface area contributed by atoms with Crippen LogP contribution < -0.4 is 0 Å². The summed E-state index contributed by atoms with van der Waals surface area (Å²) >= 11 is 0. The smallest absolute Gasteiger partial charge is 0.139 e. The summed E-state index contributed by atoms with van der Waals surface area (Å²) in [5.74, 6) is 3.47. The first-order valence-corrected chi connectivity index (χ1v) is 10.6. The van der Waals surface area contributed by atoms with E-state index in [-0.39, 0.29) is 5.41 Å². The lowest BCUT2D eigenvalue weighted by atomic mass is 9.44. The van der Waals surface area contributed by atoms with E-state index < -0.39 is 5.60 Å². The SMILES string of the molecule is CCC[C@@]1(O)CC[C@@]2(C)C(CCC3C2CC[C@]2(C)C(=O)CCC32)C1. The molecule has 0 amide bonds. The second-order valence-electron chi connectivity index (χ2n) is 10.3. The molecule has 4 rings (SSSR count). The Bertz CT molecular complexity index is 528. The molecule has 1 N–H and O–H groups in total. The molecule has 7 atom stereocenters. The van der Waals surface area contributed by atoms with E-state index in [1.54, 1.807) is 0 Å². The van der Waals surface area contributed by atoms with Crippen LogP contribution >= 0.6 is 0 Å². The van der Waals surface area contributed by atoms with Crippen molar-refractivity contribution in [2.45, 2.75) is 97.0 Å². The molecule has 0 spiro atoms. The van der Waals surface area contributed by atoms with Gasteiger partial charge in [-0.3, -0.25) is 4.79 Å². The summed E-state index contributed by atoms with van der Waals surface area (Å²) in [7, 11) is 0. The number of hydrogen-bond donors (Lipinski definition) is 1. The molecule has 0 aromatic carbocycles. The fourth-order valence-corrected chi connectivity index (χ4v) is 7.79. The van der Waals surface area contributed by atoms with E-state index in [2.05, 4.69) is 20.8 Å². The molecule has 2 nitrogen and oxygen atoms in total. The van der Waals surface area contributed by atoms with Crippen molar-refractivity contribution in [1.29, 1.82) is 0 Å². The van der Waals surface area contributed by atoms with Gasteiger partial charge in [0, 0.05) is 11.8 Å². The molecule has 4 aliphatic rings. The zero-order valence-electron chi connectivity index (χ0n) is 15.9. The number of ketones is 1. The van der Waals surface area contributed by atoms with Crippen LogP contribution in [-0.2, 0) is 4.79 Å². The average Bonchev–Trinajstić information content (AvgIpc) is 2.84. The lowest BCUT2D eigenvalue weighted by Crippen LogP contribution is -2.55. The zero-order chi connectivity index (χ0) is 17.2. The largest absolute Gasteiger partial charge is 0.390 e. The topological polar surface area (TPSA) is 37.3 Å². The molecule has 0 heterocycles. The summed E-state index contributed by atoms with van der Waals surface area (Å²) in [4.78, 5) is 12.5. The quantitative estimate of drug-likeness (QED) is 0.761. The Morgan fingerprint density at radius 2 is 1.83 bits per heavy atom. The lowest BCUT2D eigenvalue weighted by Gasteiger charge is -2.61. The first-order chi connectivity index (χ1) is 11.3. The molecule has 24 heavy (non-hydrogen) atoms. The van der Waals surface area contributed by atoms with Crippen LogP contribution in [0.1, 0.15) is 91.4 Å². The first kappa shape index (κ1) is 17.1. The van der Waals surface area contributed by atoms with E-state index in [9.17, 15) is 9.90 Å². The number of carbonyl (C=O) groups excluding carboxylic acids is 1. The maximum Gasteiger partial charge on any atom is 0.139 e. The summed E-state index contributed by atoms with van der Waals surface area (Å²) in [5, 5.41) is 11.0. The Labute approximate surface area is 147 Å². The monoisotopic (exact) mass is 332 g/mol. The molecular formula is C22H36O2. The molecule has 0 saturated heterocycles. The third kappa shape index (κ3) is 2.27. The molecule has 4 unspecified atom stereocenters. The third-order valence-corrected chi connectivity index (χ3v) is 9.24. The minimum atomic E-state index is -0.391. The van der Waals surface area contributed by atoms with Gasteiger partial charge in [-0.05, 0) is 86.9 Å². The molecule has 4 aliphatic carbocycles. The molecule has 0 aromatic heterocycles. The van der Waals surface area contributed by atoms with E-state index in [1.165, 1.54) is 25.7 Å². The lowest BCUT2D eigenvalue weighted by molar-refractivity contribution is -0.155. The highest BCUT2D eigenvalue weighted by Gasteiger charge is 2.61. The summed E-state index contributed by atoms with van der Waals surface area (Å²) in [5.41, 5.74) is 0.0239. The van der Waals surface area contributed by atoms with Crippen LogP contribution in [-0.4, -0.2) is 16.5 Å². The highest BCUT2D eigenvalue weighted by atomic mass is 16.3. The van der Waals surface area contributed by atoms with Crippen molar-refractivity contribution < 1.29 is 9.90 Å². The highest BCUT2D eigenvalue weighted by molar-refractivity contribution is 5.87. The van der Waals surface area contributed by atoms with Crippen molar-refractivity contribution in [2.75, 3.05) is 0 Å². The van der Waals surface area contributed by atoms with Crippen LogP contribution in [0.2, 0.25) is 0 Å². The van der Waals surface area contributed by atoms with Gasteiger partial charge < -0.3 is 5.11 Å². The minimum absolute atomic E-state index is 0.00196. The number of aliphatic hydroxyl groups is 1. The van der Waals surface area contributed by atoms with Crippen molar-refractivity contribution >= 4 is 5.78 Å². The predicted octanol–water partition coefficient (Wildman–Crippen LogP) is 5.13. The van der Waals surface area contributed by atoms with Crippen LogP contribution in [0.4, 0.5) is 0 Å². The minimum Gasteiger partial charge on any atom is -0.390 e. The fraction of sp³-hybridized carbons (Fsp3) is 0.955. The average molecular weight is 333 g/mol. The van der Waals surface area contributed by atoms with Crippen molar-refractivity contribution in [3.63, 3.8) is 0 Å². The van der Waals surface area contributed by atoms with E-state index >= 15 is 0 Å². The fourth-order valence-electron chi connectivity index (χ4n) is 7.79. The zero-order valence-corrected chi connectivity index (χ0v) is 15.9. The molecule has 0 aliphatic heterocycles. The maximum absolute atomic E-state index is 12.5. The summed E-state index contributed by atoms with van der Waals surface area (Å²) < 4.78 is 0. The number of rotatable bonds is 2. The van der Waals surface area contributed by atoms with Gasteiger partial charge in [0.25, 0.3) is 0 Å². The van der Waals surface area contributed by atoms with Crippen LogP contribution in [0, 0.1) is 34.5 Å². The molecule has 2 heteroatoms. The highest BCUT2D eigenvalue weighted by Crippen LogP contribution is 2.66. The van der Waals surface area contributed by atoms with Gasteiger partial charge in [-0.1, -0.05) is 27.2 Å². The second kappa shape index (κ2) is 5.56. The van der Waals surface area contributed by atoms with Crippen LogP contribution in [0.5, 0.6) is 0 Å². The van der Waals surface area contributed by atoms with E-state index in [1.807, 2.05) is 0 Å². The summed E-state index contributed by atoms with van der Waals surface area (Å²) in [6.07, 6.45) is 12.2. The Hall–Kier alpha value is -0.370. The van der Waals surface area contributed by atoms with E-state index in [0.717, 1.165) is 56.8 Å². The standard InChI is InChI=1S/C22H36O2/c1-4-10-22(24)13-12-20(2)15(14-22)5-6-16-17-7-8-19(23)21(17,3)11-9-18(16)20/h15-18,24H,4-14H2,1-3H3/t15?,16?,17?,18?,20-,21-,22+/m0/s1. The van der Waals surface area contributed by atoms with Gasteiger partial charge in [-0.25, -0.2) is 0 Å². The van der Waals surface area contributed by atoms with Crippen LogP contribution in [0.25, 0.3) is 0 Å². The third-order valence-electron chi connectivity index (χ3n) is 9.24. The van der Waals surface area contributed by atoms with Crippen molar-refractivity contribution in [3.8, 4) is 0 Å². The van der Waals surface area contributed by atoms with Crippen LogP contribution in [0.15, 0.2) is 0 Å². The number of carbonyl (C=O) groups is 1. The van der Waals surface area contributed by atoms with Crippen molar-refractivity contribution in [1.82, 2.24) is 0 Å². The van der Waals surface area contributed by atoms with Gasteiger partial charge in [-0.15, -0.1) is 0 Å². The Balaban J connectivity index is 1.58. The first-order valence-electron chi connectivity index (χ1n) is 10.6. The van der Waals surface area contributed by atoms with Crippen LogP contribution in [0.3, 0.4) is 0 Å². The van der Waals surface area contributed by atoms with Crippen molar-refractivity contribution in [3.05, 3.63) is 0 Å². The van der Waals surface area contributed by atoms with Gasteiger partial charge in [0.05, 0.1) is 5.60 Å².